The molecule has 2 aromatic rings. The number of nitrogens with zero attached hydrogens (tertiary/aromatic N) is 1. The number of benzene rings is 2. The monoisotopic (exact) mass is 468 g/mol. The van der Waals surface area contributed by atoms with E-state index in [0.717, 1.165) is 13.4 Å². The van der Waals surface area contributed by atoms with Crippen LogP contribution in [0.15, 0.2) is 53.4 Å². The molecule has 6 nitrogen and oxygen atoms in total. The van der Waals surface area contributed by atoms with Gasteiger partial charge in [-0.3, -0.25) is 14.9 Å². The fourth-order valence-corrected chi connectivity index (χ4v) is 5.81. The summed E-state index contributed by atoms with van der Waals surface area (Å²) in [4.78, 5) is 24.7. The van der Waals surface area contributed by atoms with Crippen LogP contribution in [0, 0.1) is 3.57 Å². The Hall–Kier alpha value is -1.78. The lowest BCUT2D eigenvalue weighted by Crippen LogP contribution is -2.48. The van der Waals surface area contributed by atoms with Crippen LogP contribution in [0.5, 0.6) is 0 Å². The van der Waals surface area contributed by atoms with Crippen molar-refractivity contribution in [1.82, 2.24) is 9.62 Å². The zero-order valence-corrected chi connectivity index (χ0v) is 15.9. The van der Waals surface area contributed by atoms with Crippen LogP contribution in [0.1, 0.15) is 17.5 Å². The third-order valence-electron chi connectivity index (χ3n) is 4.61. The van der Waals surface area contributed by atoms with Gasteiger partial charge in [-0.2, -0.15) is 4.31 Å². The van der Waals surface area contributed by atoms with Gasteiger partial charge in [0.2, 0.25) is 15.9 Å². The number of carbonyl (C=O) groups excluding carboxylic acids is 2. The van der Waals surface area contributed by atoms with E-state index in [1.807, 2.05) is 24.3 Å². The molecule has 0 aromatic heterocycles. The highest BCUT2D eigenvalue weighted by Gasteiger charge is 2.62. The third kappa shape index (κ3) is 2.35. The minimum atomic E-state index is -3.88. The summed E-state index contributed by atoms with van der Waals surface area (Å²) in [5.41, 5.74) is -0.387. The Morgan fingerprint density at radius 2 is 1.76 bits per heavy atom. The van der Waals surface area contributed by atoms with E-state index in [-0.39, 0.29) is 17.9 Å². The molecule has 1 atom stereocenters. The summed E-state index contributed by atoms with van der Waals surface area (Å²) in [6, 6.07) is 13.8. The van der Waals surface area contributed by atoms with Crippen LogP contribution in [-0.4, -0.2) is 24.5 Å². The first-order chi connectivity index (χ1) is 11.9. The maximum absolute atomic E-state index is 13.1. The van der Waals surface area contributed by atoms with Gasteiger partial charge in [-0.25, -0.2) is 8.42 Å². The van der Waals surface area contributed by atoms with Gasteiger partial charge >= 0.3 is 0 Å². The summed E-state index contributed by atoms with van der Waals surface area (Å²) < 4.78 is 28.4. The van der Waals surface area contributed by atoms with Crippen LogP contribution in [0.3, 0.4) is 0 Å². The van der Waals surface area contributed by atoms with E-state index in [2.05, 4.69) is 27.9 Å². The molecular formula is C17H13IN2O4S. The maximum atomic E-state index is 13.1. The number of nitrogens with one attached hydrogen (secondary N) is 1. The molecule has 2 aromatic carbocycles. The van der Waals surface area contributed by atoms with Crippen molar-refractivity contribution in [2.45, 2.75) is 23.4 Å². The van der Waals surface area contributed by atoms with E-state index in [1.165, 1.54) is 6.07 Å². The molecule has 0 saturated carbocycles. The van der Waals surface area contributed by atoms with Gasteiger partial charge in [-0.1, -0.05) is 30.3 Å². The molecule has 1 fully saturated rings. The zero-order chi connectivity index (χ0) is 17.8. The van der Waals surface area contributed by atoms with Gasteiger partial charge in [0.15, 0.2) is 5.54 Å². The molecule has 2 aliphatic rings. The minimum Gasteiger partial charge on any atom is -0.294 e. The number of halogens is 1. The van der Waals surface area contributed by atoms with E-state index in [9.17, 15) is 18.0 Å². The van der Waals surface area contributed by atoms with Crippen molar-refractivity contribution in [2.75, 3.05) is 0 Å². The van der Waals surface area contributed by atoms with Gasteiger partial charge < -0.3 is 0 Å². The van der Waals surface area contributed by atoms with Crippen molar-refractivity contribution in [3.8, 4) is 0 Å². The number of imide groups is 1. The largest absolute Gasteiger partial charge is 0.294 e. The van der Waals surface area contributed by atoms with Crippen LogP contribution in [0.25, 0.3) is 0 Å². The molecule has 0 bridgehead atoms. The van der Waals surface area contributed by atoms with Gasteiger partial charge in [0.05, 0.1) is 11.3 Å². The second kappa shape index (κ2) is 5.61. The Bertz CT molecular complexity index is 1000. The highest BCUT2D eigenvalue weighted by Crippen LogP contribution is 2.49. The summed E-state index contributed by atoms with van der Waals surface area (Å²) >= 11 is 2.17. The molecule has 2 heterocycles. The number of hydrogen-bond acceptors (Lipinski definition) is 4. The Labute approximate surface area is 158 Å². The van der Waals surface area contributed by atoms with Crippen molar-refractivity contribution in [3.63, 3.8) is 0 Å². The third-order valence-corrected chi connectivity index (χ3v) is 7.26. The lowest BCUT2D eigenvalue weighted by Gasteiger charge is -2.30. The van der Waals surface area contributed by atoms with Crippen LogP contribution in [0.2, 0.25) is 0 Å². The molecule has 2 aliphatic heterocycles. The van der Waals surface area contributed by atoms with E-state index < -0.39 is 27.4 Å². The number of fused-ring (bicyclic) bond motifs is 2. The first kappa shape index (κ1) is 16.7. The normalized spacial score (nSPS) is 24.5. The van der Waals surface area contributed by atoms with Crippen LogP contribution in [-0.2, 0) is 31.7 Å². The van der Waals surface area contributed by atoms with Crippen molar-refractivity contribution in [1.29, 1.82) is 0 Å². The van der Waals surface area contributed by atoms with E-state index >= 15 is 0 Å². The average molecular weight is 468 g/mol. The highest BCUT2D eigenvalue weighted by atomic mass is 127. The molecule has 25 heavy (non-hydrogen) atoms. The van der Waals surface area contributed by atoms with E-state index in [4.69, 9.17) is 0 Å². The standard InChI is InChI=1S/C17H13IN2O4S/c18-12-7-5-11(6-8-12)10-20-17(9-15(21)19-16(17)22)13-3-1-2-4-14(13)25(20,23)24/h1-8H,9-10H2,(H,19,21,22). The molecule has 4 rings (SSSR count). The molecule has 0 radical (unpaired) electrons. The second-order valence-electron chi connectivity index (χ2n) is 6.05. The number of amides is 2. The van der Waals surface area contributed by atoms with Crippen molar-refractivity contribution >= 4 is 44.4 Å². The molecule has 8 heteroatoms. The Morgan fingerprint density at radius 3 is 2.40 bits per heavy atom. The van der Waals surface area contributed by atoms with E-state index in [1.54, 1.807) is 18.2 Å². The smallest absolute Gasteiger partial charge is 0.253 e. The number of carbonyl (C=O) groups is 2. The quantitative estimate of drug-likeness (QED) is 0.538. The van der Waals surface area contributed by atoms with E-state index in [0.29, 0.717) is 5.56 Å². The van der Waals surface area contributed by atoms with Crippen molar-refractivity contribution < 1.29 is 18.0 Å². The highest BCUT2D eigenvalue weighted by molar-refractivity contribution is 14.1. The number of sulfonamides is 1. The predicted octanol–water partition coefficient (Wildman–Crippen LogP) is 1.74. The zero-order valence-electron chi connectivity index (χ0n) is 12.9. The summed E-state index contributed by atoms with van der Waals surface area (Å²) in [5.74, 6) is -1.05. The lowest BCUT2D eigenvalue weighted by molar-refractivity contribution is -0.128. The Balaban J connectivity index is 1.90. The first-order valence-corrected chi connectivity index (χ1v) is 10.1. The summed E-state index contributed by atoms with van der Waals surface area (Å²) in [5, 5.41) is 2.27. The lowest BCUT2D eigenvalue weighted by atomic mass is 9.88. The van der Waals surface area contributed by atoms with Gasteiger partial charge in [-0.05, 0) is 46.4 Å². The van der Waals surface area contributed by atoms with Crippen molar-refractivity contribution in [2.24, 2.45) is 0 Å². The van der Waals surface area contributed by atoms with Gasteiger partial charge in [0.25, 0.3) is 5.91 Å². The van der Waals surface area contributed by atoms with Gasteiger partial charge in [0, 0.05) is 15.7 Å². The summed E-state index contributed by atoms with van der Waals surface area (Å²) in [6.45, 7) is 0.0225. The fraction of sp³-hybridized carbons (Fsp3) is 0.176. The molecule has 128 valence electrons. The molecule has 1 unspecified atom stereocenters. The predicted molar refractivity (Wildman–Crippen MR) is 97.8 cm³/mol. The van der Waals surface area contributed by atoms with Gasteiger partial charge in [0.1, 0.15) is 0 Å². The molecule has 1 N–H and O–H groups in total. The van der Waals surface area contributed by atoms with Gasteiger partial charge in [-0.15, -0.1) is 0 Å². The minimum absolute atomic E-state index is 0.0225. The van der Waals surface area contributed by atoms with Crippen LogP contribution >= 0.6 is 22.6 Å². The molecule has 2 amide bonds. The topological polar surface area (TPSA) is 83.5 Å². The van der Waals surface area contributed by atoms with Crippen molar-refractivity contribution in [3.05, 3.63) is 63.2 Å². The number of rotatable bonds is 2. The second-order valence-corrected chi connectivity index (χ2v) is 9.13. The fourth-order valence-electron chi connectivity index (χ4n) is 3.47. The summed E-state index contributed by atoms with van der Waals surface area (Å²) in [7, 11) is -3.88. The first-order valence-electron chi connectivity index (χ1n) is 7.57. The SMILES string of the molecule is O=C1CC2(C(=O)N1)c1ccccc1S(=O)(=O)N2Cc1ccc(I)cc1. The maximum Gasteiger partial charge on any atom is 0.253 e. The molecule has 1 saturated heterocycles. The van der Waals surface area contributed by atoms with Crippen LogP contribution in [0.4, 0.5) is 0 Å². The molecule has 0 aliphatic carbocycles. The Morgan fingerprint density at radius 1 is 1.08 bits per heavy atom. The van der Waals surface area contributed by atoms with Crippen LogP contribution < -0.4 is 5.32 Å². The Kier molecular flexibility index (Phi) is 3.74. The molecular weight excluding hydrogens is 455 g/mol. The average Bonchev–Trinajstić information content (AvgIpc) is 2.97. The molecule has 1 spiro atoms. The number of hydrogen-bond donors (Lipinski definition) is 1. The summed E-state index contributed by atoms with van der Waals surface area (Å²) in [6.07, 6.45) is -0.202.